The second kappa shape index (κ2) is 6.05. The van der Waals surface area contributed by atoms with Gasteiger partial charge in [0, 0.05) is 19.8 Å². The third-order valence-corrected chi connectivity index (χ3v) is 3.76. The number of rotatable bonds is 7. The van der Waals surface area contributed by atoms with Gasteiger partial charge in [-0.15, -0.1) is 0 Å². The highest BCUT2D eigenvalue weighted by Gasteiger charge is 2.36. The van der Waals surface area contributed by atoms with Crippen LogP contribution in [0.4, 0.5) is 0 Å². The van der Waals surface area contributed by atoms with Gasteiger partial charge in [0.2, 0.25) is 0 Å². The Bertz CT molecular complexity index is 368. The standard InChI is InChI=1S/C14H21NO3/c1-2-17-10-8-14(6-4-7-14)11-15-13(16)12-5-3-9-18-12/h3,5,9H,2,4,6-8,10-11H2,1H3,(H,15,16). The summed E-state index contributed by atoms with van der Waals surface area (Å²) in [6.45, 7) is 4.27. The quantitative estimate of drug-likeness (QED) is 0.758. The molecule has 18 heavy (non-hydrogen) atoms. The van der Waals surface area contributed by atoms with Crippen molar-refractivity contribution in [3.8, 4) is 0 Å². The number of furan rings is 1. The predicted molar refractivity (Wildman–Crippen MR) is 68.4 cm³/mol. The molecule has 0 aromatic carbocycles. The van der Waals surface area contributed by atoms with Crippen molar-refractivity contribution in [3.63, 3.8) is 0 Å². The maximum Gasteiger partial charge on any atom is 0.286 e. The Hall–Kier alpha value is -1.29. The van der Waals surface area contributed by atoms with Crippen molar-refractivity contribution in [2.45, 2.75) is 32.6 Å². The molecule has 100 valence electrons. The monoisotopic (exact) mass is 251 g/mol. The fourth-order valence-corrected chi connectivity index (χ4v) is 2.39. The second-order valence-corrected chi connectivity index (χ2v) is 4.96. The molecule has 1 N–H and O–H groups in total. The van der Waals surface area contributed by atoms with E-state index in [1.807, 2.05) is 6.92 Å². The number of amides is 1. The lowest BCUT2D eigenvalue weighted by Gasteiger charge is -2.42. The van der Waals surface area contributed by atoms with Gasteiger partial charge in [0.15, 0.2) is 5.76 Å². The normalized spacial score (nSPS) is 17.2. The number of carbonyl (C=O) groups is 1. The van der Waals surface area contributed by atoms with Crippen LogP contribution < -0.4 is 5.32 Å². The number of ether oxygens (including phenoxy) is 1. The Morgan fingerprint density at radius 2 is 2.39 bits per heavy atom. The van der Waals surface area contributed by atoms with E-state index in [1.54, 1.807) is 12.1 Å². The molecule has 0 unspecified atom stereocenters. The Kier molecular flexibility index (Phi) is 4.42. The predicted octanol–water partition coefficient (Wildman–Crippen LogP) is 2.61. The van der Waals surface area contributed by atoms with Gasteiger partial charge in [0.05, 0.1) is 6.26 Å². The molecular weight excluding hydrogens is 230 g/mol. The van der Waals surface area contributed by atoms with Gasteiger partial charge < -0.3 is 14.5 Å². The van der Waals surface area contributed by atoms with Crippen LogP contribution in [0.5, 0.6) is 0 Å². The molecule has 1 aromatic rings. The summed E-state index contributed by atoms with van der Waals surface area (Å²) in [5.41, 5.74) is 0.247. The van der Waals surface area contributed by atoms with Crippen molar-refractivity contribution >= 4 is 5.91 Å². The number of hydrogen-bond donors (Lipinski definition) is 1. The maximum absolute atomic E-state index is 11.8. The molecule has 0 spiro atoms. The van der Waals surface area contributed by atoms with Gasteiger partial charge in [-0.05, 0) is 43.7 Å². The van der Waals surface area contributed by atoms with Crippen molar-refractivity contribution < 1.29 is 13.9 Å². The molecule has 0 radical (unpaired) electrons. The third kappa shape index (κ3) is 3.13. The summed E-state index contributed by atoms with van der Waals surface area (Å²) in [5, 5.41) is 2.97. The third-order valence-electron chi connectivity index (χ3n) is 3.76. The Morgan fingerprint density at radius 3 is 2.94 bits per heavy atom. The molecule has 4 nitrogen and oxygen atoms in total. The van der Waals surface area contributed by atoms with Gasteiger partial charge in [-0.2, -0.15) is 0 Å². The molecule has 1 amide bonds. The van der Waals surface area contributed by atoms with Crippen molar-refractivity contribution in [3.05, 3.63) is 24.2 Å². The van der Waals surface area contributed by atoms with Crippen LogP contribution in [-0.2, 0) is 4.74 Å². The minimum Gasteiger partial charge on any atom is -0.459 e. The van der Waals surface area contributed by atoms with Gasteiger partial charge in [0.1, 0.15) is 0 Å². The average molecular weight is 251 g/mol. The first-order valence-electron chi connectivity index (χ1n) is 6.65. The zero-order chi connectivity index (χ0) is 12.8. The summed E-state index contributed by atoms with van der Waals surface area (Å²) < 4.78 is 10.5. The van der Waals surface area contributed by atoms with E-state index in [0.717, 1.165) is 26.2 Å². The fraction of sp³-hybridized carbons (Fsp3) is 0.643. The van der Waals surface area contributed by atoms with Crippen LogP contribution in [0.1, 0.15) is 43.2 Å². The molecule has 2 rings (SSSR count). The average Bonchev–Trinajstić information content (AvgIpc) is 2.85. The molecule has 1 aliphatic carbocycles. The van der Waals surface area contributed by atoms with Crippen molar-refractivity contribution in [2.75, 3.05) is 19.8 Å². The zero-order valence-electron chi connectivity index (χ0n) is 10.9. The molecule has 0 bridgehead atoms. The Balaban J connectivity index is 1.78. The molecule has 1 saturated carbocycles. The summed E-state index contributed by atoms with van der Waals surface area (Å²) in [7, 11) is 0. The molecule has 0 saturated heterocycles. The maximum atomic E-state index is 11.8. The van der Waals surface area contributed by atoms with E-state index >= 15 is 0 Å². The largest absolute Gasteiger partial charge is 0.459 e. The van der Waals surface area contributed by atoms with E-state index in [4.69, 9.17) is 9.15 Å². The van der Waals surface area contributed by atoms with E-state index in [9.17, 15) is 4.79 Å². The van der Waals surface area contributed by atoms with E-state index in [2.05, 4.69) is 5.32 Å². The first-order valence-corrected chi connectivity index (χ1v) is 6.65. The SMILES string of the molecule is CCOCCC1(CNC(=O)c2ccco2)CCC1. The summed E-state index contributed by atoms with van der Waals surface area (Å²) in [5.74, 6) is 0.261. The Labute approximate surface area is 108 Å². The van der Waals surface area contributed by atoms with Crippen molar-refractivity contribution in [1.82, 2.24) is 5.32 Å². The first-order chi connectivity index (χ1) is 8.76. The van der Waals surface area contributed by atoms with E-state index in [0.29, 0.717) is 5.76 Å². The summed E-state index contributed by atoms with van der Waals surface area (Å²) in [4.78, 5) is 11.8. The van der Waals surface area contributed by atoms with Crippen LogP contribution >= 0.6 is 0 Å². The van der Waals surface area contributed by atoms with Gasteiger partial charge in [-0.1, -0.05) is 6.42 Å². The fourth-order valence-electron chi connectivity index (χ4n) is 2.39. The summed E-state index contributed by atoms with van der Waals surface area (Å²) >= 11 is 0. The highest BCUT2D eigenvalue weighted by Crippen LogP contribution is 2.43. The molecule has 1 aliphatic rings. The van der Waals surface area contributed by atoms with Gasteiger partial charge >= 0.3 is 0 Å². The molecule has 0 aliphatic heterocycles. The molecule has 1 fully saturated rings. The van der Waals surface area contributed by atoms with Crippen molar-refractivity contribution in [2.24, 2.45) is 5.41 Å². The zero-order valence-corrected chi connectivity index (χ0v) is 10.9. The molecule has 4 heteroatoms. The lowest BCUT2D eigenvalue weighted by molar-refractivity contribution is 0.0507. The second-order valence-electron chi connectivity index (χ2n) is 4.96. The highest BCUT2D eigenvalue weighted by atomic mass is 16.5. The van der Waals surface area contributed by atoms with Crippen LogP contribution in [0.25, 0.3) is 0 Å². The minimum absolute atomic E-state index is 0.123. The van der Waals surface area contributed by atoms with Gasteiger partial charge in [-0.3, -0.25) is 4.79 Å². The lowest BCUT2D eigenvalue weighted by Crippen LogP contribution is -2.42. The first kappa shape index (κ1) is 13.1. The molecule has 1 aromatic heterocycles. The van der Waals surface area contributed by atoms with Crippen LogP contribution in [0.2, 0.25) is 0 Å². The molecule has 1 heterocycles. The van der Waals surface area contributed by atoms with E-state index in [1.165, 1.54) is 25.5 Å². The van der Waals surface area contributed by atoms with Crippen LogP contribution in [0, 0.1) is 5.41 Å². The van der Waals surface area contributed by atoms with Gasteiger partial charge in [0.25, 0.3) is 5.91 Å². The molecule has 0 atom stereocenters. The minimum atomic E-state index is -0.123. The lowest BCUT2D eigenvalue weighted by atomic mass is 9.67. The number of nitrogens with one attached hydrogen (secondary N) is 1. The van der Waals surface area contributed by atoms with Crippen LogP contribution in [0.15, 0.2) is 22.8 Å². The van der Waals surface area contributed by atoms with Crippen LogP contribution in [-0.4, -0.2) is 25.7 Å². The number of hydrogen-bond acceptors (Lipinski definition) is 3. The highest BCUT2D eigenvalue weighted by molar-refractivity contribution is 5.91. The van der Waals surface area contributed by atoms with Crippen molar-refractivity contribution in [1.29, 1.82) is 0 Å². The van der Waals surface area contributed by atoms with E-state index < -0.39 is 0 Å². The van der Waals surface area contributed by atoms with Crippen LogP contribution in [0.3, 0.4) is 0 Å². The van der Waals surface area contributed by atoms with Gasteiger partial charge in [-0.25, -0.2) is 0 Å². The summed E-state index contributed by atoms with van der Waals surface area (Å²) in [6, 6.07) is 3.41. The van der Waals surface area contributed by atoms with E-state index in [-0.39, 0.29) is 11.3 Å². The molecular formula is C14H21NO3. The number of carbonyl (C=O) groups excluding carboxylic acids is 1. The Morgan fingerprint density at radius 1 is 1.56 bits per heavy atom. The topological polar surface area (TPSA) is 51.5 Å². The summed E-state index contributed by atoms with van der Waals surface area (Å²) in [6.07, 6.45) is 6.15. The smallest absolute Gasteiger partial charge is 0.286 e.